The minimum atomic E-state index is 0.427. The van der Waals surface area contributed by atoms with Crippen LogP contribution in [0.4, 0.5) is 0 Å². The molecule has 2 rings (SSSR count). The van der Waals surface area contributed by atoms with Crippen molar-refractivity contribution in [3.63, 3.8) is 0 Å². The van der Waals surface area contributed by atoms with Gasteiger partial charge >= 0.3 is 0 Å². The summed E-state index contributed by atoms with van der Waals surface area (Å²) in [7, 11) is 2.22. The highest BCUT2D eigenvalue weighted by molar-refractivity contribution is 4.99. The second-order valence-electron chi connectivity index (χ2n) is 4.91. The molecule has 0 aromatic rings. The minimum Gasteiger partial charge on any atom is -0.374 e. The van der Waals surface area contributed by atoms with Gasteiger partial charge in [-0.15, -0.1) is 0 Å². The van der Waals surface area contributed by atoms with Gasteiger partial charge in [-0.3, -0.25) is 9.80 Å². The molecule has 0 aliphatic carbocycles. The average molecular weight is 198 g/mol. The monoisotopic (exact) mass is 198 g/mol. The lowest BCUT2D eigenvalue weighted by Gasteiger charge is -2.35. The summed E-state index contributed by atoms with van der Waals surface area (Å²) in [4.78, 5) is 5.00. The van der Waals surface area contributed by atoms with E-state index < -0.39 is 0 Å². The summed E-state index contributed by atoms with van der Waals surface area (Å²) in [5.41, 5.74) is 0. The third kappa shape index (κ3) is 1.58. The van der Waals surface area contributed by atoms with Gasteiger partial charge in [0.1, 0.15) is 0 Å². The molecule has 0 aromatic heterocycles. The number of likely N-dealkylation sites (tertiary alicyclic amines) is 1. The van der Waals surface area contributed by atoms with Crippen LogP contribution in [0.1, 0.15) is 20.8 Å². The van der Waals surface area contributed by atoms with E-state index in [0.717, 1.165) is 13.2 Å². The molecule has 82 valence electrons. The molecule has 0 N–H and O–H groups in total. The van der Waals surface area contributed by atoms with Crippen molar-refractivity contribution in [2.24, 2.45) is 0 Å². The highest BCUT2D eigenvalue weighted by Crippen LogP contribution is 2.28. The van der Waals surface area contributed by atoms with Crippen molar-refractivity contribution in [1.29, 1.82) is 0 Å². The molecule has 14 heavy (non-hydrogen) atoms. The molecule has 2 fully saturated rings. The predicted molar refractivity (Wildman–Crippen MR) is 57.5 cm³/mol. The average Bonchev–Trinajstić information content (AvgIpc) is 2.46. The summed E-state index contributed by atoms with van der Waals surface area (Å²) in [5.74, 6) is 0. The van der Waals surface area contributed by atoms with Crippen LogP contribution in [0.15, 0.2) is 0 Å². The fraction of sp³-hybridized carbons (Fsp3) is 1.00. The maximum Gasteiger partial charge on any atom is 0.0895 e. The first-order valence-electron chi connectivity index (χ1n) is 5.69. The maximum absolute atomic E-state index is 5.88. The molecule has 2 aliphatic heterocycles. The smallest absolute Gasteiger partial charge is 0.0895 e. The van der Waals surface area contributed by atoms with Gasteiger partial charge in [0.2, 0.25) is 0 Å². The lowest BCUT2D eigenvalue weighted by Crippen LogP contribution is -2.49. The summed E-state index contributed by atoms with van der Waals surface area (Å²) in [6.45, 7) is 9.99. The number of hydrogen-bond donors (Lipinski definition) is 0. The van der Waals surface area contributed by atoms with Crippen molar-refractivity contribution >= 4 is 0 Å². The zero-order valence-electron chi connectivity index (χ0n) is 9.73. The molecule has 2 saturated heterocycles. The van der Waals surface area contributed by atoms with Crippen LogP contribution >= 0.6 is 0 Å². The van der Waals surface area contributed by atoms with Crippen molar-refractivity contribution in [2.75, 3.05) is 26.7 Å². The van der Waals surface area contributed by atoms with Gasteiger partial charge in [-0.2, -0.15) is 0 Å². The number of ether oxygens (including phenoxy) is 1. The van der Waals surface area contributed by atoms with Gasteiger partial charge in [0, 0.05) is 31.2 Å². The largest absolute Gasteiger partial charge is 0.374 e. The maximum atomic E-state index is 5.88. The Morgan fingerprint density at radius 2 is 2.07 bits per heavy atom. The van der Waals surface area contributed by atoms with E-state index in [0.29, 0.717) is 24.2 Å². The SMILES string of the molecule is CC(C)N1CC2C(OCCN2C)[C@@H]1C. The Balaban J connectivity index is 2.10. The summed E-state index contributed by atoms with van der Waals surface area (Å²) < 4.78 is 5.88. The number of rotatable bonds is 1. The Morgan fingerprint density at radius 1 is 1.36 bits per heavy atom. The number of likely N-dealkylation sites (N-methyl/N-ethyl adjacent to an activating group) is 1. The molecule has 2 unspecified atom stereocenters. The summed E-state index contributed by atoms with van der Waals surface area (Å²) in [6.07, 6.45) is 0.427. The number of morpholine rings is 1. The molecular formula is C11H22N2O. The molecule has 2 aliphatic rings. The fourth-order valence-corrected chi connectivity index (χ4v) is 2.82. The van der Waals surface area contributed by atoms with E-state index in [-0.39, 0.29) is 0 Å². The van der Waals surface area contributed by atoms with Crippen LogP contribution in [0.25, 0.3) is 0 Å². The lowest BCUT2D eigenvalue weighted by molar-refractivity contribution is -0.0515. The first kappa shape index (κ1) is 10.4. The van der Waals surface area contributed by atoms with E-state index in [4.69, 9.17) is 4.74 Å². The third-order valence-electron chi connectivity index (χ3n) is 3.76. The van der Waals surface area contributed by atoms with E-state index >= 15 is 0 Å². The molecule has 0 saturated carbocycles. The predicted octanol–water partition coefficient (Wildman–Crippen LogP) is 0.798. The molecule has 0 spiro atoms. The van der Waals surface area contributed by atoms with Crippen LogP contribution in [0.5, 0.6) is 0 Å². The van der Waals surface area contributed by atoms with Gasteiger partial charge in [0.05, 0.1) is 12.7 Å². The van der Waals surface area contributed by atoms with Gasteiger partial charge in [-0.25, -0.2) is 0 Å². The highest BCUT2D eigenvalue weighted by Gasteiger charge is 2.44. The van der Waals surface area contributed by atoms with Crippen molar-refractivity contribution in [2.45, 2.75) is 45.0 Å². The molecule has 0 amide bonds. The van der Waals surface area contributed by atoms with Crippen molar-refractivity contribution in [1.82, 2.24) is 9.80 Å². The highest BCUT2D eigenvalue weighted by atomic mass is 16.5. The first-order valence-corrected chi connectivity index (χ1v) is 5.69. The zero-order valence-corrected chi connectivity index (χ0v) is 9.73. The van der Waals surface area contributed by atoms with Gasteiger partial charge in [-0.1, -0.05) is 0 Å². The number of fused-ring (bicyclic) bond motifs is 1. The van der Waals surface area contributed by atoms with E-state index in [9.17, 15) is 0 Å². The molecule has 3 heteroatoms. The Hall–Kier alpha value is -0.120. The Kier molecular flexibility index (Phi) is 2.82. The van der Waals surface area contributed by atoms with Crippen LogP contribution < -0.4 is 0 Å². The summed E-state index contributed by atoms with van der Waals surface area (Å²) in [5, 5.41) is 0. The van der Waals surface area contributed by atoms with E-state index in [1.54, 1.807) is 0 Å². The van der Waals surface area contributed by atoms with Crippen molar-refractivity contribution in [3.8, 4) is 0 Å². The van der Waals surface area contributed by atoms with E-state index in [1.807, 2.05) is 0 Å². The van der Waals surface area contributed by atoms with Crippen LogP contribution in [-0.4, -0.2) is 60.8 Å². The number of nitrogens with zero attached hydrogens (tertiary/aromatic N) is 2. The van der Waals surface area contributed by atoms with Crippen LogP contribution in [-0.2, 0) is 4.74 Å². The standard InChI is InChI=1S/C11H22N2O/c1-8(2)13-7-10-11(9(13)3)14-6-5-12(10)4/h8-11H,5-7H2,1-4H3/t9-,10?,11?/m0/s1. The molecular weight excluding hydrogens is 176 g/mol. The second kappa shape index (κ2) is 3.80. The quantitative estimate of drug-likeness (QED) is 0.620. The van der Waals surface area contributed by atoms with Crippen molar-refractivity contribution < 1.29 is 4.74 Å². The first-order chi connectivity index (χ1) is 6.61. The topological polar surface area (TPSA) is 15.7 Å². The minimum absolute atomic E-state index is 0.427. The van der Waals surface area contributed by atoms with Crippen LogP contribution in [0, 0.1) is 0 Å². The normalized spacial score (nSPS) is 40.5. The third-order valence-corrected chi connectivity index (χ3v) is 3.76. The van der Waals surface area contributed by atoms with Gasteiger partial charge in [0.25, 0.3) is 0 Å². The molecule has 0 radical (unpaired) electrons. The molecule has 0 aromatic carbocycles. The van der Waals surface area contributed by atoms with E-state index in [1.165, 1.54) is 6.54 Å². The number of hydrogen-bond acceptors (Lipinski definition) is 3. The second-order valence-corrected chi connectivity index (χ2v) is 4.91. The van der Waals surface area contributed by atoms with Crippen LogP contribution in [0.2, 0.25) is 0 Å². The zero-order chi connectivity index (χ0) is 10.3. The van der Waals surface area contributed by atoms with Gasteiger partial charge < -0.3 is 4.74 Å². The summed E-state index contributed by atoms with van der Waals surface area (Å²) >= 11 is 0. The molecule has 3 nitrogen and oxygen atoms in total. The molecule has 2 heterocycles. The Labute approximate surface area is 87.0 Å². The molecule has 0 bridgehead atoms. The Bertz CT molecular complexity index is 207. The van der Waals surface area contributed by atoms with Crippen LogP contribution in [0.3, 0.4) is 0 Å². The fourth-order valence-electron chi connectivity index (χ4n) is 2.82. The summed E-state index contributed by atoms with van der Waals surface area (Å²) in [6, 6.07) is 1.82. The molecule has 3 atom stereocenters. The van der Waals surface area contributed by atoms with E-state index in [2.05, 4.69) is 37.6 Å². The Morgan fingerprint density at radius 3 is 2.64 bits per heavy atom. The van der Waals surface area contributed by atoms with Gasteiger partial charge in [0.15, 0.2) is 0 Å². The van der Waals surface area contributed by atoms with Gasteiger partial charge in [-0.05, 0) is 27.8 Å². The van der Waals surface area contributed by atoms with Crippen molar-refractivity contribution in [3.05, 3.63) is 0 Å². The lowest BCUT2D eigenvalue weighted by atomic mass is 10.1.